The van der Waals surface area contributed by atoms with E-state index in [1.54, 1.807) is 0 Å². The Labute approximate surface area is 192 Å². The van der Waals surface area contributed by atoms with Crippen molar-refractivity contribution in [3.8, 4) is 11.3 Å². The van der Waals surface area contributed by atoms with E-state index in [1.165, 1.54) is 11.3 Å². The molecule has 1 aromatic carbocycles. The molecule has 168 valence electrons. The SMILES string of the molecule is O=C(NCc1nc(-c2ccccc2)cs1)C1CCN(c2ncc(C(F)(F)F)cc2Cl)CC1. The minimum atomic E-state index is -4.49. The molecule has 3 aromatic rings. The molecule has 5 nitrogen and oxygen atoms in total. The van der Waals surface area contributed by atoms with Crippen molar-refractivity contribution in [1.29, 1.82) is 0 Å². The van der Waals surface area contributed by atoms with Gasteiger partial charge in [-0.25, -0.2) is 9.97 Å². The lowest BCUT2D eigenvalue weighted by Crippen LogP contribution is -2.40. The molecule has 32 heavy (non-hydrogen) atoms. The summed E-state index contributed by atoms with van der Waals surface area (Å²) in [5, 5.41) is 5.70. The Morgan fingerprint density at radius 2 is 1.94 bits per heavy atom. The molecule has 1 saturated heterocycles. The van der Waals surface area contributed by atoms with Gasteiger partial charge in [-0.15, -0.1) is 11.3 Å². The molecule has 10 heteroatoms. The summed E-state index contributed by atoms with van der Waals surface area (Å²) < 4.78 is 38.4. The fraction of sp³-hybridized carbons (Fsp3) is 0.318. The molecule has 0 spiro atoms. The van der Waals surface area contributed by atoms with Crippen LogP contribution in [0.5, 0.6) is 0 Å². The second kappa shape index (κ2) is 9.46. The number of amides is 1. The van der Waals surface area contributed by atoms with Crippen molar-refractivity contribution in [3.63, 3.8) is 0 Å². The van der Waals surface area contributed by atoms with Gasteiger partial charge in [0.05, 0.1) is 22.8 Å². The molecule has 0 aliphatic carbocycles. The summed E-state index contributed by atoms with van der Waals surface area (Å²) in [7, 11) is 0. The predicted octanol–water partition coefficient (Wildman–Crippen LogP) is 5.41. The Morgan fingerprint density at radius 3 is 2.59 bits per heavy atom. The molecule has 1 N–H and O–H groups in total. The van der Waals surface area contributed by atoms with Crippen LogP contribution in [0, 0.1) is 5.92 Å². The van der Waals surface area contributed by atoms with Gasteiger partial charge in [0.2, 0.25) is 5.91 Å². The highest BCUT2D eigenvalue weighted by Crippen LogP contribution is 2.34. The first-order valence-corrected chi connectivity index (χ1v) is 11.3. The van der Waals surface area contributed by atoms with Crippen LogP contribution >= 0.6 is 22.9 Å². The van der Waals surface area contributed by atoms with Crippen molar-refractivity contribution < 1.29 is 18.0 Å². The Morgan fingerprint density at radius 1 is 1.22 bits per heavy atom. The number of pyridine rings is 1. The maximum absolute atomic E-state index is 12.8. The number of anilines is 1. The van der Waals surface area contributed by atoms with E-state index in [0.29, 0.717) is 38.3 Å². The summed E-state index contributed by atoms with van der Waals surface area (Å²) in [5.74, 6) is 0.0929. The van der Waals surface area contributed by atoms with Crippen molar-refractivity contribution in [3.05, 3.63) is 63.6 Å². The lowest BCUT2D eigenvalue weighted by molar-refractivity contribution is -0.137. The average Bonchev–Trinajstić information content (AvgIpc) is 3.27. The third-order valence-corrected chi connectivity index (χ3v) is 6.48. The highest BCUT2D eigenvalue weighted by atomic mass is 35.5. The summed E-state index contributed by atoms with van der Waals surface area (Å²) >= 11 is 7.54. The van der Waals surface area contributed by atoms with E-state index < -0.39 is 11.7 Å². The largest absolute Gasteiger partial charge is 0.417 e. The number of halogens is 4. The highest BCUT2D eigenvalue weighted by Gasteiger charge is 2.33. The van der Waals surface area contributed by atoms with Crippen LogP contribution in [0.25, 0.3) is 11.3 Å². The van der Waals surface area contributed by atoms with E-state index in [2.05, 4.69) is 15.3 Å². The summed E-state index contributed by atoms with van der Waals surface area (Å²) in [6.45, 7) is 1.35. The van der Waals surface area contributed by atoms with Crippen molar-refractivity contribution >= 4 is 34.7 Å². The van der Waals surface area contributed by atoms with E-state index in [1.807, 2.05) is 40.6 Å². The smallest absolute Gasteiger partial charge is 0.355 e. The number of hydrogen-bond donors (Lipinski definition) is 1. The maximum Gasteiger partial charge on any atom is 0.417 e. The van der Waals surface area contributed by atoms with Gasteiger partial charge in [0.15, 0.2) is 0 Å². The van der Waals surface area contributed by atoms with Crippen molar-refractivity contribution in [2.45, 2.75) is 25.6 Å². The van der Waals surface area contributed by atoms with E-state index >= 15 is 0 Å². The first-order valence-electron chi connectivity index (χ1n) is 10.1. The van der Waals surface area contributed by atoms with Gasteiger partial charge in [-0.2, -0.15) is 13.2 Å². The van der Waals surface area contributed by atoms with Crippen LogP contribution in [0.3, 0.4) is 0 Å². The van der Waals surface area contributed by atoms with E-state index in [-0.39, 0.29) is 16.8 Å². The normalized spacial score (nSPS) is 15.1. The topological polar surface area (TPSA) is 58.1 Å². The van der Waals surface area contributed by atoms with Crippen molar-refractivity contribution in [1.82, 2.24) is 15.3 Å². The van der Waals surface area contributed by atoms with Crippen molar-refractivity contribution in [2.75, 3.05) is 18.0 Å². The first kappa shape index (κ1) is 22.5. The summed E-state index contributed by atoms with van der Waals surface area (Å²) in [6, 6.07) is 10.7. The summed E-state index contributed by atoms with van der Waals surface area (Å²) in [5.41, 5.74) is 1.04. The Hall–Kier alpha value is -2.65. The fourth-order valence-corrected chi connectivity index (χ4v) is 4.64. The number of piperidine rings is 1. The molecular formula is C22H20ClF3N4OS. The third-order valence-electron chi connectivity index (χ3n) is 5.35. The van der Waals surface area contributed by atoms with Gasteiger partial charge in [0, 0.05) is 36.1 Å². The lowest BCUT2D eigenvalue weighted by atomic mass is 9.96. The van der Waals surface area contributed by atoms with Crippen LogP contribution in [-0.4, -0.2) is 29.0 Å². The van der Waals surface area contributed by atoms with Crippen LogP contribution in [0.2, 0.25) is 5.02 Å². The summed E-state index contributed by atoms with van der Waals surface area (Å²) in [6.07, 6.45) is -2.56. The molecule has 0 unspecified atom stereocenters. The zero-order valence-corrected chi connectivity index (χ0v) is 18.5. The number of alkyl halides is 3. The van der Waals surface area contributed by atoms with Gasteiger partial charge in [0.25, 0.3) is 0 Å². The molecule has 2 aromatic heterocycles. The third kappa shape index (κ3) is 5.21. The van der Waals surface area contributed by atoms with E-state index in [9.17, 15) is 18.0 Å². The number of carbonyl (C=O) groups excluding carboxylic acids is 1. The van der Waals surface area contributed by atoms with Crippen LogP contribution in [0.1, 0.15) is 23.4 Å². The molecule has 0 atom stereocenters. The first-order chi connectivity index (χ1) is 15.3. The van der Waals surface area contributed by atoms with Gasteiger partial charge in [0.1, 0.15) is 10.8 Å². The second-order valence-corrected chi connectivity index (χ2v) is 8.85. The zero-order valence-electron chi connectivity index (χ0n) is 16.9. The van der Waals surface area contributed by atoms with Gasteiger partial charge >= 0.3 is 6.18 Å². The molecule has 3 heterocycles. The van der Waals surface area contributed by atoms with E-state index in [4.69, 9.17) is 11.6 Å². The molecule has 4 rings (SSSR count). The maximum atomic E-state index is 12.8. The van der Waals surface area contributed by atoms with Gasteiger partial charge in [-0.05, 0) is 18.9 Å². The average molecular weight is 481 g/mol. The van der Waals surface area contributed by atoms with Crippen LogP contribution in [-0.2, 0) is 17.5 Å². The number of aromatic nitrogens is 2. The van der Waals surface area contributed by atoms with Crippen molar-refractivity contribution in [2.24, 2.45) is 5.92 Å². The van der Waals surface area contributed by atoms with Crippen LogP contribution < -0.4 is 10.2 Å². The number of nitrogens with zero attached hydrogens (tertiary/aromatic N) is 3. The standard InChI is InChI=1S/C22H20ClF3N4OS/c23-17-10-16(22(24,25)26)11-27-20(17)30-8-6-15(7-9-30)21(31)28-12-19-29-18(13-32-19)14-4-2-1-3-5-14/h1-5,10-11,13,15H,6-9,12H2,(H,28,31). The molecule has 0 saturated carbocycles. The van der Waals surface area contributed by atoms with Crippen LogP contribution in [0.15, 0.2) is 48.0 Å². The lowest BCUT2D eigenvalue weighted by Gasteiger charge is -2.32. The van der Waals surface area contributed by atoms with Gasteiger partial charge in [-0.1, -0.05) is 41.9 Å². The minimum Gasteiger partial charge on any atom is -0.355 e. The molecule has 1 aliphatic rings. The Bertz CT molecular complexity index is 1080. The number of thiazole rings is 1. The van der Waals surface area contributed by atoms with Gasteiger partial charge in [-0.3, -0.25) is 4.79 Å². The number of nitrogens with one attached hydrogen (secondary N) is 1. The number of benzene rings is 1. The molecule has 1 amide bonds. The molecule has 0 radical (unpaired) electrons. The molecule has 1 aliphatic heterocycles. The van der Waals surface area contributed by atoms with Crippen LogP contribution in [0.4, 0.5) is 19.0 Å². The Balaban J connectivity index is 1.29. The number of hydrogen-bond acceptors (Lipinski definition) is 5. The molecule has 0 bridgehead atoms. The molecular weight excluding hydrogens is 461 g/mol. The molecule has 1 fully saturated rings. The summed E-state index contributed by atoms with van der Waals surface area (Å²) in [4.78, 5) is 22.9. The second-order valence-electron chi connectivity index (χ2n) is 7.50. The number of rotatable bonds is 5. The van der Waals surface area contributed by atoms with E-state index in [0.717, 1.165) is 28.5 Å². The Kier molecular flexibility index (Phi) is 6.66. The minimum absolute atomic E-state index is 0.0410. The quantitative estimate of drug-likeness (QED) is 0.530. The number of carbonyl (C=O) groups is 1. The highest BCUT2D eigenvalue weighted by molar-refractivity contribution is 7.09. The fourth-order valence-electron chi connectivity index (χ4n) is 3.61. The monoisotopic (exact) mass is 480 g/mol. The predicted molar refractivity (Wildman–Crippen MR) is 119 cm³/mol. The zero-order chi connectivity index (χ0) is 22.7. The van der Waals surface area contributed by atoms with Gasteiger partial charge < -0.3 is 10.2 Å².